The maximum absolute atomic E-state index is 12.7. The van der Waals surface area contributed by atoms with E-state index in [1.807, 2.05) is 31.3 Å². The Morgan fingerprint density at radius 2 is 1.79 bits per heavy atom. The van der Waals surface area contributed by atoms with E-state index < -0.39 is 0 Å². The molecule has 2 fully saturated rings. The van der Waals surface area contributed by atoms with Crippen molar-refractivity contribution in [2.45, 2.75) is 51.0 Å². The molecule has 0 atom stereocenters. The number of ketones is 1. The quantitative estimate of drug-likeness (QED) is 0.579. The van der Waals surface area contributed by atoms with Gasteiger partial charge in [0, 0.05) is 23.1 Å². The summed E-state index contributed by atoms with van der Waals surface area (Å²) in [6.07, 6.45) is 11.0. The highest BCUT2D eigenvalue weighted by Crippen LogP contribution is 2.27. The number of carbonyl (C=O) groups excluding carboxylic acids is 1. The van der Waals surface area contributed by atoms with E-state index >= 15 is 0 Å². The summed E-state index contributed by atoms with van der Waals surface area (Å²) < 4.78 is 8.74. The van der Waals surface area contributed by atoms with E-state index in [0.717, 1.165) is 10.5 Å². The lowest BCUT2D eigenvalue weighted by Gasteiger charge is -2.39. The summed E-state index contributed by atoms with van der Waals surface area (Å²) in [6.45, 7) is 3.05. The average Bonchev–Trinajstić information content (AvgIpc) is 3.13. The average molecular weight is 460 g/mol. The number of imidazole rings is 1. The largest absolute Gasteiger partial charge is 0.464 e. The molecule has 2 heterocycles. The fourth-order valence-electron chi connectivity index (χ4n) is 4.61. The highest BCUT2D eigenvalue weighted by molar-refractivity contribution is 9.10. The first-order chi connectivity index (χ1) is 14.1. The molecule has 156 valence electrons. The molecule has 0 bridgehead atoms. The van der Waals surface area contributed by atoms with Gasteiger partial charge in [0.05, 0.1) is 12.8 Å². The minimum absolute atomic E-state index is 0.0388. The summed E-state index contributed by atoms with van der Waals surface area (Å²) in [7, 11) is 1.85. The number of aromatic nitrogens is 2. The number of rotatable bonds is 6. The summed E-state index contributed by atoms with van der Waals surface area (Å²) in [4.78, 5) is 19.8. The van der Waals surface area contributed by atoms with E-state index in [1.54, 1.807) is 10.8 Å². The van der Waals surface area contributed by atoms with Gasteiger partial charge in [-0.1, -0.05) is 35.2 Å². The minimum atomic E-state index is -0.0388. The van der Waals surface area contributed by atoms with Gasteiger partial charge in [-0.3, -0.25) is 9.36 Å². The number of nitrogens with zero attached hydrogens (tertiary/aromatic N) is 3. The highest BCUT2D eigenvalue weighted by atomic mass is 79.9. The number of hydrogen-bond acceptors (Lipinski definition) is 4. The first-order valence-corrected chi connectivity index (χ1v) is 11.6. The van der Waals surface area contributed by atoms with Gasteiger partial charge in [0.1, 0.15) is 5.69 Å². The molecule has 2 aliphatic rings. The number of benzene rings is 1. The maximum atomic E-state index is 12.7. The van der Waals surface area contributed by atoms with Crippen LogP contribution in [0.1, 0.15) is 61.0 Å². The normalized spacial score (nSPS) is 19.4. The molecular formula is C23H30BrN3O2. The smallest absolute Gasteiger partial charge is 0.296 e. The Morgan fingerprint density at radius 1 is 1.10 bits per heavy atom. The van der Waals surface area contributed by atoms with E-state index in [1.165, 1.54) is 58.0 Å². The molecule has 1 saturated carbocycles. The Labute approximate surface area is 181 Å². The zero-order valence-corrected chi connectivity index (χ0v) is 18.7. The topological polar surface area (TPSA) is 47.4 Å². The summed E-state index contributed by atoms with van der Waals surface area (Å²) in [6, 6.07) is 8.73. The van der Waals surface area contributed by atoms with E-state index in [2.05, 4.69) is 25.8 Å². The second kappa shape index (κ2) is 9.43. The molecule has 0 N–H and O–H groups in total. The first-order valence-electron chi connectivity index (χ1n) is 10.8. The molecule has 0 unspecified atom stereocenters. The van der Waals surface area contributed by atoms with E-state index in [0.29, 0.717) is 29.8 Å². The zero-order valence-electron chi connectivity index (χ0n) is 17.1. The van der Waals surface area contributed by atoms with Crippen LogP contribution in [0.15, 0.2) is 34.9 Å². The van der Waals surface area contributed by atoms with E-state index in [9.17, 15) is 4.79 Å². The van der Waals surface area contributed by atoms with Crippen molar-refractivity contribution in [3.8, 4) is 6.01 Å². The molecule has 1 aromatic heterocycles. The van der Waals surface area contributed by atoms with Crippen molar-refractivity contribution < 1.29 is 9.53 Å². The van der Waals surface area contributed by atoms with Crippen LogP contribution in [-0.4, -0.2) is 46.0 Å². The monoisotopic (exact) mass is 459 g/mol. The molecular weight excluding hydrogens is 430 g/mol. The number of halogens is 1. The molecule has 0 spiro atoms. The van der Waals surface area contributed by atoms with Gasteiger partial charge >= 0.3 is 0 Å². The van der Waals surface area contributed by atoms with Crippen molar-refractivity contribution in [1.29, 1.82) is 0 Å². The molecule has 0 amide bonds. The molecule has 5 nitrogen and oxygen atoms in total. The molecule has 6 heteroatoms. The number of piperidine rings is 1. The molecule has 1 aliphatic carbocycles. The third-order valence-corrected chi connectivity index (χ3v) is 7.00. The standard InChI is InChI=1S/C23H30BrN3O2/c1-26-21(22(28)18-7-9-19(24)10-8-18)15-25-23(26)29-16-17-11-13-27(14-12-17)20-5-3-2-4-6-20/h7-10,15,17,20H,2-6,11-14,16H2,1H3. The van der Waals surface area contributed by atoms with Crippen LogP contribution in [0.2, 0.25) is 0 Å². The van der Waals surface area contributed by atoms with Gasteiger partial charge in [-0.2, -0.15) is 0 Å². The Hall–Kier alpha value is -1.66. The van der Waals surface area contributed by atoms with Crippen molar-refractivity contribution >= 4 is 21.7 Å². The number of likely N-dealkylation sites (tertiary alicyclic amines) is 1. The Kier molecular flexibility index (Phi) is 6.70. The van der Waals surface area contributed by atoms with Gasteiger partial charge in [-0.25, -0.2) is 4.98 Å². The molecule has 1 aromatic carbocycles. The summed E-state index contributed by atoms with van der Waals surface area (Å²) in [5, 5.41) is 0. The van der Waals surface area contributed by atoms with Gasteiger partial charge < -0.3 is 9.64 Å². The van der Waals surface area contributed by atoms with Crippen LogP contribution in [0.5, 0.6) is 6.01 Å². The molecule has 2 aromatic rings. The molecule has 0 radical (unpaired) electrons. The maximum Gasteiger partial charge on any atom is 0.296 e. The number of ether oxygens (including phenoxy) is 1. The minimum Gasteiger partial charge on any atom is -0.464 e. The van der Waals surface area contributed by atoms with Crippen LogP contribution in [0.3, 0.4) is 0 Å². The predicted octanol–water partition coefficient (Wildman–Crippen LogP) is 4.84. The lowest BCUT2D eigenvalue weighted by atomic mass is 9.90. The van der Waals surface area contributed by atoms with Crippen molar-refractivity contribution in [2.75, 3.05) is 19.7 Å². The fraction of sp³-hybridized carbons (Fsp3) is 0.565. The first kappa shape index (κ1) is 20.6. The van der Waals surface area contributed by atoms with Gasteiger partial charge in [0.25, 0.3) is 6.01 Å². The van der Waals surface area contributed by atoms with Crippen LogP contribution in [0.4, 0.5) is 0 Å². The number of carbonyl (C=O) groups is 1. The van der Waals surface area contributed by atoms with Gasteiger partial charge in [0.2, 0.25) is 5.78 Å². The van der Waals surface area contributed by atoms with Gasteiger partial charge in [-0.05, 0) is 69.0 Å². The lowest BCUT2D eigenvalue weighted by Crippen LogP contribution is -2.43. The summed E-state index contributed by atoms with van der Waals surface area (Å²) >= 11 is 3.40. The molecule has 29 heavy (non-hydrogen) atoms. The fourth-order valence-corrected chi connectivity index (χ4v) is 4.87. The van der Waals surface area contributed by atoms with Gasteiger partial charge in [0.15, 0.2) is 0 Å². The van der Waals surface area contributed by atoms with Crippen LogP contribution < -0.4 is 4.74 Å². The van der Waals surface area contributed by atoms with Crippen LogP contribution in [-0.2, 0) is 7.05 Å². The van der Waals surface area contributed by atoms with Crippen molar-refractivity contribution in [1.82, 2.24) is 14.5 Å². The van der Waals surface area contributed by atoms with Crippen molar-refractivity contribution in [3.05, 3.63) is 46.2 Å². The number of hydrogen-bond donors (Lipinski definition) is 0. The second-order valence-corrected chi connectivity index (χ2v) is 9.32. The molecule has 4 rings (SSSR count). The zero-order chi connectivity index (χ0) is 20.2. The Balaban J connectivity index is 1.29. The Bertz CT molecular complexity index is 819. The third-order valence-electron chi connectivity index (χ3n) is 6.47. The summed E-state index contributed by atoms with van der Waals surface area (Å²) in [5.41, 5.74) is 1.20. The van der Waals surface area contributed by atoms with Crippen LogP contribution in [0, 0.1) is 5.92 Å². The summed E-state index contributed by atoms with van der Waals surface area (Å²) in [5.74, 6) is 0.528. The van der Waals surface area contributed by atoms with E-state index in [-0.39, 0.29) is 5.78 Å². The van der Waals surface area contributed by atoms with Crippen molar-refractivity contribution in [3.63, 3.8) is 0 Å². The van der Waals surface area contributed by atoms with Crippen LogP contribution in [0.25, 0.3) is 0 Å². The SMILES string of the molecule is Cn1c(C(=O)c2ccc(Br)cc2)cnc1OCC1CCN(C2CCCCC2)CC1. The second-order valence-electron chi connectivity index (χ2n) is 8.40. The Morgan fingerprint density at radius 3 is 2.48 bits per heavy atom. The van der Waals surface area contributed by atoms with Crippen LogP contribution >= 0.6 is 15.9 Å². The van der Waals surface area contributed by atoms with Gasteiger partial charge in [-0.15, -0.1) is 0 Å². The lowest BCUT2D eigenvalue weighted by molar-refractivity contribution is 0.0859. The molecule has 1 saturated heterocycles. The van der Waals surface area contributed by atoms with E-state index in [4.69, 9.17) is 4.74 Å². The predicted molar refractivity (Wildman–Crippen MR) is 117 cm³/mol. The molecule has 1 aliphatic heterocycles. The highest BCUT2D eigenvalue weighted by Gasteiger charge is 2.27. The third kappa shape index (κ3) is 4.92. The van der Waals surface area contributed by atoms with Crippen molar-refractivity contribution in [2.24, 2.45) is 13.0 Å².